The molecule has 1 aliphatic carbocycles. The van der Waals surface area contributed by atoms with E-state index in [0.717, 1.165) is 62.5 Å². The van der Waals surface area contributed by atoms with E-state index in [1.54, 1.807) is 14.2 Å². The summed E-state index contributed by atoms with van der Waals surface area (Å²) in [6, 6.07) is 2.79. The molecule has 0 unspecified atom stereocenters. The highest BCUT2D eigenvalue weighted by Gasteiger charge is 2.28. The van der Waals surface area contributed by atoms with E-state index in [1.807, 2.05) is 0 Å². The van der Waals surface area contributed by atoms with Gasteiger partial charge in [-0.3, -0.25) is 9.89 Å². The van der Waals surface area contributed by atoms with E-state index in [2.05, 4.69) is 45.6 Å². The lowest BCUT2D eigenvalue weighted by Crippen LogP contribution is -2.42. The molecule has 1 aliphatic rings. The molecule has 0 radical (unpaired) electrons. The smallest absolute Gasteiger partial charge is 0.191 e. The van der Waals surface area contributed by atoms with E-state index in [-0.39, 0.29) is 0 Å². The molecule has 1 saturated carbocycles. The largest absolute Gasteiger partial charge is 0.383 e. The molecule has 2 rings (SSSR count). The molecule has 1 aromatic heterocycles. The van der Waals surface area contributed by atoms with Crippen molar-refractivity contribution in [3.05, 3.63) is 17.5 Å². The zero-order valence-electron chi connectivity index (χ0n) is 16.8. The minimum atomic E-state index is 0.477. The molecule has 0 saturated heterocycles. The minimum absolute atomic E-state index is 0.477. The van der Waals surface area contributed by atoms with Crippen molar-refractivity contribution in [3.8, 4) is 0 Å². The van der Waals surface area contributed by atoms with E-state index < -0.39 is 0 Å². The molecule has 7 heteroatoms. The molecule has 1 aromatic rings. The molecule has 0 bridgehead atoms. The second-order valence-corrected chi connectivity index (χ2v) is 6.84. The summed E-state index contributed by atoms with van der Waals surface area (Å²) < 4.78 is 10.7. The predicted molar refractivity (Wildman–Crippen MR) is 104 cm³/mol. The molecule has 0 spiro atoms. The molecule has 148 valence electrons. The van der Waals surface area contributed by atoms with Crippen LogP contribution in [0.25, 0.3) is 0 Å². The maximum absolute atomic E-state index is 5.45. The van der Waals surface area contributed by atoms with E-state index in [4.69, 9.17) is 9.26 Å². The summed E-state index contributed by atoms with van der Waals surface area (Å²) in [5.41, 5.74) is 1.05. The Morgan fingerprint density at radius 3 is 2.73 bits per heavy atom. The highest BCUT2D eigenvalue weighted by Crippen LogP contribution is 2.26. The van der Waals surface area contributed by atoms with Gasteiger partial charge in [0, 0.05) is 51.8 Å². The predicted octanol–water partition coefficient (Wildman–Crippen LogP) is 2.35. The number of hydrogen-bond donors (Lipinski definition) is 2. The molecule has 0 aromatic carbocycles. The number of aliphatic imine (C=N–C) groups is 1. The van der Waals surface area contributed by atoms with Crippen LogP contribution in [-0.2, 0) is 11.3 Å². The third-order valence-corrected chi connectivity index (χ3v) is 4.97. The Morgan fingerprint density at radius 2 is 2.12 bits per heavy atom. The van der Waals surface area contributed by atoms with Crippen molar-refractivity contribution in [3.63, 3.8) is 0 Å². The van der Waals surface area contributed by atoms with Gasteiger partial charge in [-0.15, -0.1) is 0 Å². The van der Waals surface area contributed by atoms with Crippen molar-refractivity contribution in [2.75, 3.05) is 40.4 Å². The van der Waals surface area contributed by atoms with Crippen LogP contribution in [0.1, 0.15) is 56.9 Å². The first-order valence-electron chi connectivity index (χ1n) is 9.84. The van der Waals surface area contributed by atoms with Crippen molar-refractivity contribution < 1.29 is 9.26 Å². The molecule has 26 heavy (non-hydrogen) atoms. The lowest BCUT2D eigenvalue weighted by atomic mass is 9.99. The highest BCUT2D eigenvalue weighted by molar-refractivity contribution is 5.79. The van der Waals surface area contributed by atoms with Gasteiger partial charge in [0.1, 0.15) is 0 Å². The molecule has 1 heterocycles. The molecule has 2 N–H and O–H groups in total. The number of ether oxygens (including phenoxy) is 1. The van der Waals surface area contributed by atoms with Crippen LogP contribution in [0.2, 0.25) is 0 Å². The van der Waals surface area contributed by atoms with Gasteiger partial charge in [-0.1, -0.05) is 19.0 Å². The molecule has 1 fully saturated rings. The van der Waals surface area contributed by atoms with Gasteiger partial charge < -0.3 is 19.9 Å². The fourth-order valence-electron chi connectivity index (χ4n) is 3.15. The number of guanidine groups is 1. The van der Waals surface area contributed by atoms with Crippen LogP contribution in [-0.4, -0.2) is 62.5 Å². The molecular formula is C19H35N5O2. The summed E-state index contributed by atoms with van der Waals surface area (Å²) >= 11 is 0. The van der Waals surface area contributed by atoms with Gasteiger partial charge in [0.15, 0.2) is 11.7 Å². The van der Waals surface area contributed by atoms with E-state index in [9.17, 15) is 0 Å². The van der Waals surface area contributed by atoms with Crippen LogP contribution in [0.3, 0.4) is 0 Å². The van der Waals surface area contributed by atoms with E-state index in [1.165, 1.54) is 12.8 Å². The van der Waals surface area contributed by atoms with E-state index in [0.29, 0.717) is 12.5 Å². The summed E-state index contributed by atoms with van der Waals surface area (Å²) in [6.45, 7) is 8.59. The Hall–Kier alpha value is -1.60. The fraction of sp³-hybridized carbons (Fsp3) is 0.789. The van der Waals surface area contributed by atoms with Gasteiger partial charge in [0.05, 0.1) is 18.8 Å². The summed E-state index contributed by atoms with van der Waals surface area (Å²) in [5.74, 6) is 2.10. The second-order valence-electron chi connectivity index (χ2n) is 6.84. The number of aromatic nitrogens is 1. The Morgan fingerprint density at radius 1 is 1.35 bits per heavy atom. The number of nitrogens with zero attached hydrogens (tertiary/aromatic N) is 3. The van der Waals surface area contributed by atoms with Crippen molar-refractivity contribution in [1.29, 1.82) is 0 Å². The second kappa shape index (κ2) is 11.2. The monoisotopic (exact) mass is 365 g/mol. The number of nitrogens with one attached hydrogen (secondary N) is 2. The van der Waals surface area contributed by atoms with Crippen molar-refractivity contribution >= 4 is 5.96 Å². The molecule has 0 aliphatic heterocycles. The normalized spacial score (nSPS) is 15.1. The first-order chi connectivity index (χ1) is 12.7. The fourth-order valence-corrected chi connectivity index (χ4v) is 3.15. The van der Waals surface area contributed by atoms with Gasteiger partial charge in [-0.25, -0.2) is 0 Å². The zero-order chi connectivity index (χ0) is 18.8. The lowest BCUT2D eigenvalue weighted by Gasteiger charge is -2.22. The zero-order valence-corrected chi connectivity index (χ0v) is 16.8. The summed E-state index contributed by atoms with van der Waals surface area (Å²) in [6.07, 6.45) is 4.78. The molecule has 0 amide bonds. The molecular weight excluding hydrogens is 330 g/mol. The van der Waals surface area contributed by atoms with Crippen LogP contribution in [0.15, 0.2) is 15.6 Å². The first-order valence-corrected chi connectivity index (χ1v) is 9.84. The van der Waals surface area contributed by atoms with Crippen LogP contribution in [0.5, 0.6) is 0 Å². The number of rotatable bonds is 12. The van der Waals surface area contributed by atoms with Gasteiger partial charge in [-0.2, -0.15) is 0 Å². The topological polar surface area (TPSA) is 74.9 Å². The van der Waals surface area contributed by atoms with Gasteiger partial charge >= 0.3 is 0 Å². The third kappa shape index (κ3) is 6.61. The van der Waals surface area contributed by atoms with Crippen LogP contribution in [0, 0.1) is 0 Å². The van der Waals surface area contributed by atoms with Crippen LogP contribution in [0.4, 0.5) is 0 Å². The Labute approximate surface area is 157 Å². The molecule has 0 atom stereocenters. The average Bonchev–Trinajstić information content (AvgIpc) is 3.40. The number of methoxy groups -OCH3 is 1. The highest BCUT2D eigenvalue weighted by atomic mass is 16.5. The summed E-state index contributed by atoms with van der Waals surface area (Å²) in [5, 5.41) is 10.9. The SMILES string of the molecule is CCC(CC)c1cc(CNC(=NC)NCCN(CCOC)C2CC2)on1. The summed E-state index contributed by atoms with van der Waals surface area (Å²) in [4.78, 5) is 6.77. The molecule has 7 nitrogen and oxygen atoms in total. The van der Waals surface area contributed by atoms with Crippen molar-refractivity contribution in [1.82, 2.24) is 20.7 Å². The van der Waals surface area contributed by atoms with Crippen molar-refractivity contribution in [2.24, 2.45) is 4.99 Å². The first kappa shape index (κ1) is 20.7. The Balaban J connectivity index is 1.72. The van der Waals surface area contributed by atoms with Gasteiger partial charge in [0.2, 0.25) is 0 Å². The lowest BCUT2D eigenvalue weighted by molar-refractivity contribution is 0.144. The van der Waals surface area contributed by atoms with Gasteiger partial charge in [0.25, 0.3) is 0 Å². The Kier molecular flexibility index (Phi) is 8.91. The maximum atomic E-state index is 5.45. The van der Waals surface area contributed by atoms with Crippen LogP contribution >= 0.6 is 0 Å². The van der Waals surface area contributed by atoms with Crippen molar-refractivity contribution in [2.45, 2.75) is 58.0 Å². The Bertz CT molecular complexity index is 538. The van der Waals surface area contributed by atoms with E-state index >= 15 is 0 Å². The standard InChI is InChI=1S/C19H35N5O2/c1-5-15(6-2)18-13-17(26-23-18)14-22-19(20-3)21-9-10-24(11-12-25-4)16-7-8-16/h13,15-16H,5-12,14H2,1-4H3,(H2,20,21,22). The average molecular weight is 366 g/mol. The quantitative estimate of drug-likeness (QED) is 0.437. The number of hydrogen-bond acceptors (Lipinski definition) is 5. The van der Waals surface area contributed by atoms with Gasteiger partial charge in [-0.05, 0) is 25.7 Å². The summed E-state index contributed by atoms with van der Waals surface area (Å²) in [7, 11) is 3.54. The third-order valence-electron chi connectivity index (χ3n) is 4.97. The minimum Gasteiger partial charge on any atom is -0.383 e. The maximum Gasteiger partial charge on any atom is 0.191 e. The van der Waals surface area contributed by atoms with Crippen LogP contribution < -0.4 is 10.6 Å².